The van der Waals surface area contributed by atoms with Crippen LogP contribution < -0.4 is 9.88 Å². The van der Waals surface area contributed by atoms with Gasteiger partial charge in [0, 0.05) is 17.9 Å². The lowest BCUT2D eigenvalue weighted by molar-refractivity contribution is 0.0805. The highest BCUT2D eigenvalue weighted by molar-refractivity contribution is 7.89. The number of aryl methyl sites for hydroxylation is 1. The Balaban J connectivity index is 2.43. The Kier molecular flexibility index (Phi) is 5.38. The molecule has 1 aliphatic heterocycles. The average molecular weight is 360 g/mol. The van der Waals surface area contributed by atoms with Crippen LogP contribution in [-0.4, -0.2) is 25.7 Å². The average Bonchev–Trinajstić information content (AvgIpc) is 2.44. The van der Waals surface area contributed by atoms with Gasteiger partial charge >= 0.3 is 0 Å². The van der Waals surface area contributed by atoms with Gasteiger partial charge in [-0.1, -0.05) is 0 Å². The number of benzene rings is 1. The number of ketones is 1. The van der Waals surface area contributed by atoms with Gasteiger partial charge in [0.25, 0.3) is 0 Å². The summed E-state index contributed by atoms with van der Waals surface area (Å²) in [7, 11) is -3.97. The first-order valence-corrected chi connectivity index (χ1v) is 9.70. The fourth-order valence-corrected chi connectivity index (χ4v) is 3.53. The van der Waals surface area contributed by atoms with Gasteiger partial charge < -0.3 is 4.74 Å². The molecule has 2 rings (SSSR count). The summed E-state index contributed by atoms with van der Waals surface area (Å²) in [6.07, 6.45) is 3.15. The van der Waals surface area contributed by atoms with E-state index < -0.39 is 15.6 Å². The summed E-state index contributed by atoms with van der Waals surface area (Å²) >= 11 is 5.61. The van der Waals surface area contributed by atoms with Crippen LogP contribution in [0.4, 0.5) is 0 Å². The van der Waals surface area contributed by atoms with Crippen LogP contribution in [0, 0.1) is 0 Å². The molecule has 5 nitrogen and oxygen atoms in total. The minimum absolute atomic E-state index is 0.104. The molecule has 1 heterocycles. The highest BCUT2D eigenvalue weighted by Crippen LogP contribution is 2.38. The van der Waals surface area contributed by atoms with Gasteiger partial charge in [0.15, 0.2) is 5.78 Å². The number of nitrogens with two attached hydrogens (primary N) is 1. The summed E-state index contributed by atoms with van der Waals surface area (Å²) in [5, 5.41) is 5.32. The Labute approximate surface area is 142 Å². The van der Waals surface area contributed by atoms with E-state index in [-0.39, 0.29) is 16.4 Å². The van der Waals surface area contributed by atoms with Crippen LogP contribution in [0.15, 0.2) is 17.0 Å². The summed E-state index contributed by atoms with van der Waals surface area (Å²) in [6.45, 7) is 3.79. The van der Waals surface area contributed by atoms with Gasteiger partial charge in [-0.3, -0.25) is 4.79 Å². The minimum atomic E-state index is -3.97. The van der Waals surface area contributed by atoms with Gasteiger partial charge in [0.1, 0.15) is 16.2 Å². The molecule has 1 aromatic rings. The number of Topliss-reactive ketones (excluding diaryl/α,β-unsaturated/α-hetero) is 1. The normalized spacial score (nSPS) is 16.5. The van der Waals surface area contributed by atoms with E-state index in [1.54, 1.807) is 6.07 Å². The highest BCUT2D eigenvalue weighted by Gasteiger charge is 2.32. The van der Waals surface area contributed by atoms with Crippen molar-refractivity contribution in [1.82, 2.24) is 0 Å². The lowest BCUT2D eigenvalue weighted by Crippen LogP contribution is -2.34. The van der Waals surface area contributed by atoms with Gasteiger partial charge in [-0.05, 0) is 57.2 Å². The van der Waals surface area contributed by atoms with Crippen LogP contribution >= 0.6 is 11.6 Å². The molecule has 0 saturated carbocycles. The van der Waals surface area contributed by atoms with Crippen LogP contribution in [0.2, 0.25) is 0 Å². The van der Waals surface area contributed by atoms with E-state index in [4.69, 9.17) is 21.5 Å². The molecule has 0 radical (unpaired) electrons. The van der Waals surface area contributed by atoms with E-state index in [0.29, 0.717) is 30.7 Å². The summed E-state index contributed by atoms with van der Waals surface area (Å²) < 4.78 is 29.7. The van der Waals surface area contributed by atoms with E-state index in [1.807, 2.05) is 13.8 Å². The van der Waals surface area contributed by atoms with Crippen molar-refractivity contribution in [2.75, 3.05) is 5.88 Å². The third kappa shape index (κ3) is 4.46. The van der Waals surface area contributed by atoms with E-state index in [9.17, 15) is 13.2 Å². The molecule has 1 aliphatic rings. The molecule has 0 aromatic heterocycles. The highest BCUT2D eigenvalue weighted by atomic mass is 35.5. The van der Waals surface area contributed by atoms with Gasteiger partial charge in [-0.15, -0.1) is 11.6 Å². The molecule has 7 heteroatoms. The zero-order valence-electron chi connectivity index (χ0n) is 13.4. The molecule has 0 atom stereocenters. The van der Waals surface area contributed by atoms with E-state index >= 15 is 0 Å². The SMILES string of the molecule is CC1(C)CCc2cc(C(=O)CCCCCl)cc(S(N)(=O)=O)c2O1. The lowest BCUT2D eigenvalue weighted by Gasteiger charge is -2.33. The molecule has 128 valence electrons. The smallest absolute Gasteiger partial charge is 0.241 e. The second kappa shape index (κ2) is 6.79. The zero-order chi connectivity index (χ0) is 17.3. The van der Waals surface area contributed by atoms with Crippen LogP contribution in [0.25, 0.3) is 0 Å². The number of primary sulfonamides is 1. The van der Waals surface area contributed by atoms with Gasteiger partial charge in [0.2, 0.25) is 10.0 Å². The van der Waals surface area contributed by atoms with Crippen LogP contribution in [-0.2, 0) is 16.4 Å². The molecule has 0 aliphatic carbocycles. The Hall–Kier alpha value is -1.11. The molecule has 0 fully saturated rings. The maximum atomic E-state index is 12.3. The van der Waals surface area contributed by atoms with Crippen LogP contribution in [0.1, 0.15) is 55.5 Å². The number of hydrogen-bond acceptors (Lipinski definition) is 4. The predicted molar refractivity (Wildman–Crippen MR) is 89.7 cm³/mol. The number of ether oxygens (including phenoxy) is 1. The van der Waals surface area contributed by atoms with Crippen molar-refractivity contribution in [2.24, 2.45) is 5.14 Å². The standard InChI is InChI=1S/C16H22ClNO4S/c1-16(2)7-6-11-9-12(13(19)5-3-4-8-17)10-14(15(11)22-16)23(18,20)21/h9-10H,3-8H2,1-2H3,(H2,18,20,21). The molecule has 1 aromatic carbocycles. The third-order valence-corrected chi connectivity index (χ3v) is 5.11. The predicted octanol–water partition coefficient (Wildman–Crippen LogP) is 3.03. The summed E-state index contributed by atoms with van der Waals surface area (Å²) in [5.41, 5.74) is 0.625. The number of carbonyl (C=O) groups excluding carboxylic acids is 1. The second-order valence-corrected chi connectivity index (χ2v) is 8.35. The quantitative estimate of drug-likeness (QED) is 0.480. The number of rotatable bonds is 6. The molecular formula is C16H22ClNO4S. The Morgan fingerprint density at radius 2 is 2.04 bits per heavy atom. The third-order valence-electron chi connectivity index (χ3n) is 3.92. The first-order valence-electron chi connectivity index (χ1n) is 7.62. The fraction of sp³-hybridized carbons (Fsp3) is 0.562. The van der Waals surface area contributed by atoms with Gasteiger partial charge in [-0.2, -0.15) is 0 Å². The topological polar surface area (TPSA) is 86.5 Å². The van der Waals surface area contributed by atoms with Crippen molar-refractivity contribution in [1.29, 1.82) is 0 Å². The molecule has 0 saturated heterocycles. The number of fused-ring (bicyclic) bond motifs is 1. The number of alkyl halides is 1. The molecule has 0 unspecified atom stereocenters. The van der Waals surface area contributed by atoms with Crippen molar-refractivity contribution < 1.29 is 17.9 Å². The van der Waals surface area contributed by atoms with Gasteiger partial charge in [0.05, 0.1) is 0 Å². The fourth-order valence-electron chi connectivity index (χ4n) is 2.62. The number of sulfonamides is 1. The van der Waals surface area contributed by atoms with E-state index in [0.717, 1.165) is 18.4 Å². The second-order valence-electron chi connectivity index (χ2n) is 6.44. The molecule has 23 heavy (non-hydrogen) atoms. The number of unbranched alkanes of at least 4 members (excludes halogenated alkanes) is 1. The van der Waals surface area contributed by atoms with E-state index in [2.05, 4.69) is 0 Å². The van der Waals surface area contributed by atoms with E-state index in [1.165, 1.54) is 6.07 Å². The van der Waals surface area contributed by atoms with Gasteiger partial charge in [-0.25, -0.2) is 13.6 Å². The Bertz CT molecular complexity index is 713. The number of halogens is 1. The maximum Gasteiger partial charge on any atom is 0.241 e. The first kappa shape index (κ1) is 18.2. The van der Waals surface area contributed by atoms with Crippen molar-refractivity contribution in [3.05, 3.63) is 23.3 Å². The Morgan fingerprint density at radius 1 is 1.35 bits per heavy atom. The first-order chi connectivity index (χ1) is 10.6. The number of carbonyl (C=O) groups is 1. The lowest BCUT2D eigenvalue weighted by atomic mass is 9.92. The largest absolute Gasteiger partial charge is 0.486 e. The van der Waals surface area contributed by atoms with Crippen molar-refractivity contribution in [2.45, 2.75) is 56.4 Å². The molecule has 0 amide bonds. The molecule has 0 spiro atoms. The van der Waals surface area contributed by atoms with Crippen molar-refractivity contribution in [3.8, 4) is 5.75 Å². The van der Waals surface area contributed by atoms with Crippen molar-refractivity contribution in [3.63, 3.8) is 0 Å². The summed E-state index contributed by atoms with van der Waals surface area (Å²) in [5.74, 6) is 0.678. The maximum absolute atomic E-state index is 12.3. The van der Waals surface area contributed by atoms with Crippen LogP contribution in [0.5, 0.6) is 5.75 Å². The summed E-state index contributed by atoms with van der Waals surface area (Å²) in [6, 6.07) is 3.06. The summed E-state index contributed by atoms with van der Waals surface area (Å²) in [4.78, 5) is 12.2. The monoisotopic (exact) mass is 359 g/mol. The Morgan fingerprint density at radius 3 is 2.65 bits per heavy atom. The molecular weight excluding hydrogens is 338 g/mol. The molecule has 0 bridgehead atoms. The minimum Gasteiger partial charge on any atom is -0.486 e. The zero-order valence-corrected chi connectivity index (χ0v) is 15.0. The molecule has 2 N–H and O–H groups in total. The van der Waals surface area contributed by atoms with Crippen molar-refractivity contribution >= 4 is 27.4 Å². The number of hydrogen-bond donors (Lipinski definition) is 1. The van der Waals surface area contributed by atoms with Crippen LogP contribution in [0.3, 0.4) is 0 Å².